The van der Waals surface area contributed by atoms with Crippen LogP contribution in [0.2, 0.25) is 0 Å². The van der Waals surface area contributed by atoms with Crippen LogP contribution in [-0.4, -0.2) is 21.0 Å². The molecule has 0 aliphatic carbocycles. The van der Waals surface area contributed by atoms with E-state index in [1.54, 1.807) is 0 Å². The molecule has 17 heavy (non-hydrogen) atoms. The third-order valence-electron chi connectivity index (χ3n) is 1.88. The van der Waals surface area contributed by atoms with Crippen molar-refractivity contribution in [3.8, 4) is 0 Å². The van der Waals surface area contributed by atoms with Crippen molar-refractivity contribution in [2.24, 2.45) is 0 Å². The number of aromatic carboxylic acids is 1. The van der Waals surface area contributed by atoms with Crippen LogP contribution in [0.25, 0.3) is 0 Å². The standard InChI is InChI=1S/C11H7BrN2O2S/c12-7-2-1-3-8(6-7)17-10-9(11(15)16)13-4-5-14-10/h1-6H,(H,15,16). The molecule has 1 heterocycles. The van der Waals surface area contributed by atoms with Crippen LogP contribution < -0.4 is 0 Å². The number of hydrogen-bond donors (Lipinski definition) is 1. The maximum atomic E-state index is 11.0. The van der Waals surface area contributed by atoms with Crippen LogP contribution in [0.4, 0.5) is 0 Å². The van der Waals surface area contributed by atoms with Gasteiger partial charge in [-0.25, -0.2) is 14.8 Å². The van der Waals surface area contributed by atoms with E-state index in [1.165, 1.54) is 24.2 Å². The van der Waals surface area contributed by atoms with Gasteiger partial charge in [0.15, 0.2) is 5.69 Å². The van der Waals surface area contributed by atoms with Crippen molar-refractivity contribution in [1.29, 1.82) is 0 Å². The minimum Gasteiger partial charge on any atom is -0.476 e. The Bertz CT molecular complexity index is 563. The lowest BCUT2D eigenvalue weighted by Crippen LogP contribution is -2.03. The summed E-state index contributed by atoms with van der Waals surface area (Å²) in [5.41, 5.74) is -0.0301. The maximum absolute atomic E-state index is 11.0. The summed E-state index contributed by atoms with van der Waals surface area (Å²) in [6, 6.07) is 7.56. The molecule has 0 spiro atoms. The first-order valence-electron chi connectivity index (χ1n) is 4.64. The summed E-state index contributed by atoms with van der Waals surface area (Å²) in [5, 5.41) is 9.36. The first-order chi connectivity index (χ1) is 8.16. The van der Waals surface area contributed by atoms with Crippen molar-refractivity contribution in [1.82, 2.24) is 9.97 Å². The molecule has 0 bridgehead atoms. The number of benzene rings is 1. The summed E-state index contributed by atoms with van der Waals surface area (Å²) in [4.78, 5) is 19.7. The monoisotopic (exact) mass is 310 g/mol. The van der Waals surface area contributed by atoms with E-state index in [4.69, 9.17) is 5.11 Å². The van der Waals surface area contributed by atoms with Crippen LogP contribution in [0.3, 0.4) is 0 Å². The summed E-state index contributed by atoms with van der Waals surface area (Å²) in [5.74, 6) is -1.07. The fourth-order valence-electron chi connectivity index (χ4n) is 1.19. The first-order valence-corrected chi connectivity index (χ1v) is 6.25. The third-order valence-corrected chi connectivity index (χ3v) is 3.35. The lowest BCUT2D eigenvalue weighted by molar-refractivity contribution is 0.0685. The molecular formula is C11H7BrN2O2S. The van der Waals surface area contributed by atoms with E-state index in [1.807, 2.05) is 24.3 Å². The number of carbonyl (C=O) groups is 1. The molecule has 0 radical (unpaired) electrons. The molecule has 2 aromatic rings. The van der Waals surface area contributed by atoms with Gasteiger partial charge in [-0.05, 0) is 18.2 Å². The second-order valence-corrected chi connectivity index (χ2v) is 5.05. The van der Waals surface area contributed by atoms with Crippen molar-refractivity contribution >= 4 is 33.7 Å². The quantitative estimate of drug-likeness (QED) is 0.944. The normalized spacial score (nSPS) is 10.2. The van der Waals surface area contributed by atoms with E-state index in [-0.39, 0.29) is 5.69 Å². The van der Waals surface area contributed by atoms with E-state index >= 15 is 0 Å². The SMILES string of the molecule is O=C(O)c1nccnc1Sc1cccc(Br)c1. The van der Waals surface area contributed by atoms with Gasteiger partial charge >= 0.3 is 5.97 Å². The summed E-state index contributed by atoms with van der Waals surface area (Å²) in [6.07, 6.45) is 2.85. The highest BCUT2D eigenvalue weighted by atomic mass is 79.9. The Morgan fingerprint density at radius 3 is 2.76 bits per heavy atom. The number of nitrogens with zero attached hydrogens (tertiary/aromatic N) is 2. The van der Waals surface area contributed by atoms with Crippen molar-refractivity contribution in [2.45, 2.75) is 9.92 Å². The predicted molar refractivity (Wildman–Crippen MR) is 67.3 cm³/mol. The van der Waals surface area contributed by atoms with E-state index < -0.39 is 5.97 Å². The van der Waals surface area contributed by atoms with E-state index in [2.05, 4.69) is 25.9 Å². The Morgan fingerprint density at radius 2 is 2.06 bits per heavy atom. The molecule has 0 saturated carbocycles. The van der Waals surface area contributed by atoms with E-state index in [0.717, 1.165) is 9.37 Å². The highest BCUT2D eigenvalue weighted by Gasteiger charge is 2.13. The Balaban J connectivity index is 2.33. The smallest absolute Gasteiger partial charge is 0.357 e. The Hall–Kier alpha value is -1.40. The highest BCUT2D eigenvalue weighted by molar-refractivity contribution is 9.10. The number of aromatic nitrogens is 2. The summed E-state index contributed by atoms with van der Waals surface area (Å²) >= 11 is 4.63. The van der Waals surface area contributed by atoms with Crippen LogP contribution >= 0.6 is 27.7 Å². The van der Waals surface area contributed by atoms with E-state index in [9.17, 15) is 4.79 Å². The number of carboxylic acids is 1. The van der Waals surface area contributed by atoms with Crippen molar-refractivity contribution in [3.63, 3.8) is 0 Å². The van der Waals surface area contributed by atoms with Crippen LogP contribution in [0.1, 0.15) is 10.5 Å². The molecule has 0 unspecified atom stereocenters. The highest BCUT2D eigenvalue weighted by Crippen LogP contribution is 2.29. The number of rotatable bonds is 3. The van der Waals surface area contributed by atoms with Crippen LogP contribution in [0.5, 0.6) is 0 Å². The molecule has 6 heteroatoms. The first kappa shape index (κ1) is 12.1. The second kappa shape index (κ2) is 5.29. The zero-order valence-corrected chi connectivity index (χ0v) is 10.9. The molecule has 2 rings (SSSR count). The predicted octanol–water partition coefficient (Wildman–Crippen LogP) is 3.09. The van der Waals surface area contributed by atoms with Gasteiger partial charge in [-0.3, -0.25) is 0 Å². The topological polar surface area (TPSA) is 63.1 Å². The lowest BCUT2D eigenvalue weighted by atomic mass is 10.4. The van der Waals surface area contributed by atoms with E-state index in [0.29, 0.717) is 5.03 Å². The molecule has 0 saturated heterocycles. The van der Waals surface area contributed by atoms with Gasteiger partial charge in [-0.1, -0.05) is 33.8 Å². The zero-order valence-electron chi connectivity index (χ0n) is 8.50. The number of halogens is 1. The van der Waals surface area contributed by atoms with Crippen LogP contribution in [-0.2, 0) is 0 Å². The fourth-order valence-corrected chi connectivity index (χ4v) is 2.65. The largest absolute Gasteiger partial charge is 0.476 e. The minimum absolute atomic E-state index is 0.0301. The molecule has 0 aliphatic heterocycles. The van der Waals surface area contributed by atoms with Crippen LogP contribution in [0, 0.1) is 0 Å². The van der Waals surface area contributed by atoms with Gasteiger partial charge in [0, 0.05) is 21.8 Å². The fraction of sp³-hybridized carbons (Fsp3) is 0. The van der Waals surface area contributed by atoms with Gasteiger partial charge in [0.05, 0.1) is 0 Å². The number of carboxylic acid groups (broad SMARTS) is 1. The van der Waals surface area contributed by atoms with Gasteiger partial charge in [0.25, 0.3) is 0 Å². The molecule has 1 aromatic carbocycles. The molecule has 0 aliphatic rings. The Morgan fingerprint density at radius 1 is 1.29 bits per heavy atom. The molecule has 86 valence electrons. The average molecular weight is 311 g/mol. The summed E-state index contributed by atoms with van der Waals surface area (Å²) in [6.45, 7) is 0. The van der Waals surface area contributed by atoms with Crippen molar-refractivity contribution in [2.75, 3.05) is 0 Å². The third kappa shape index (κ3) is 3.04. The zero-order chi connectivity index (χ0) is 12.3. The minimum atomic E-state index is -1.07. The van der Waals surface area contributed by atoms with Crippen molar-refractivity contribution < 1.29 is 9.90 Å². The molecule has 0 atom stereocenters. The maximum Gasteiger partial charge on any atom is 0.357 e. The van der Waals surface area contributed by atoms with Gasteiger partial charge in [-0.15, -0.1) is 0 Å². The lowest BCUT2D eigenvalue weighted by Gasteiger charge is -2.03. The van der Waals surface area contributed by atoms with Gasteiger partial charge < -0.3 is 5.11 Å². The second-order valence-electron chi connectivity index (χ2n) is 3.07. The summed E-state index contributed by atoms with van der Waals surface area (Å²) in [7, 11) is 0. The average Bonchev–Trinajstić information content (AvgIpc) is 2.29. The Kier molecular flexibility index (Phi) is 3.75. The van der Waals surface area contributed by atoms with Gasteiger partial charge in [-0.2, -0.15) is 0 Å². The summed E-state index contributed by atoms with van der Waals surface area (Å²) < 4.78 is 0.934. The molecule has 0 amide bonds. The van der Waals surface area contributed by atoms with Crippen molar-refractivity contribution in [3.05, 3.63) is 46.8 Å². The molecular weight excluding hydrogens is 304 g/mol. The Labute approximate surface area is 110 Å². The molecule has 4 nitrogen and oxygen atoms in total. The van der Waals surface area contributed by atoms with Gasteiger partial charge in [0.2, 0.25) is 0 Å². The van der Waals surface area contributed by atoms with Gasteiger partial charge in [0.1, 0.15) is 5.03 Å². The van der Waals surface area contributed by atoms with Crippen LogP contribution in [0.15, 0.2) is 51.1 Å². The molecule has 0 fully saturated rings. The molecule has 1 N–H and O–H groups in total. The number of hydrogen-bond acceptors (Lipinski definition) is 4. The molecule has 1 aromatic heterocycles.